The molecule has 4 heteroatoms. The highest BCUT2D eigenvalue weighted by atomic mass is 19.1. The van der Waals surface area contributed by atoms with Gasteiger partial charge in [0.05, 0.1) is 5.92 Å². The highest BCUT2D eigenvalue weighted by Gasteiger charge is 2.15. The van der Waals surface area contributed by atoms with Crippen LogP contribution in [-0.2, 0) is 11.2 Å². The number of aryl methyl sites for hydroxylation is 1. The van der Waals surface area contributed by atoms with E-state index in [4.69, 9.17) is 5.11 Å². The third-order valence-corrected chi connectivity index (χ3v) is 2.67. The average molecular weight is 252 g/mol. The number of benzene rings is 1. The molecule has 0 radical (unpaired) electrons. The van der Waals surface area contributed by atoms with E-state index in [1.54, 1.807) is 0 Å². The van der Waals surface area contributed by atoms with Crippen molar-refractivity contribution in [3.63, 3.8) is 0 Å². The molecule has 3 nitrogen and oxygen atoms in total. The van der Waals surface area contributed by atoms with Crippen molar-refractivity contribution in [2.45, 2.75) is 25.9 Å². The summed E-state index contributed by atoms with van der Waals surface area (Å²) >= 11 is 0. The largest absolute Gasteiger partial charge is 0.481 e. The highest BCUT2D eigenvalue weighted by Crippen LogP contribution is 2.14. The van der Waals surface area contributed by atoms with Gasteiger partial charge >= 0.3 is 5.97 Å². The van der Waals surface area contributed by atoms with Crippen molar-refractivity contribution in [3.8, 4) is 0 Å². The molecule has 0 heterocycles. The Labute approximate surface area is 106 Å². The van der Waals surface area contributed by atoms with Crippen molar-refractivity contribution in [1.29, 1.82) is 0 Å². The van der Waals surface area contributed by atoms with Crippen LogP contribution in [0.5, 0.6) is 0 Å². The summed E-state index contributed by atoms with van der Waals surface area (Å²) in [6.45, 7) is 1.37. The number of rotatable bonds is 6. The Morgan fingerprint density at radius 2 is 2.00 bits per heavy atom. The molecule has 0 aromatic heterocycles. The first-order valence-electron chi connectivity index (χ1n) is 5.82. The summed E-state index contributed by atoms with van der Waals surface area (Å²) in [5, 5.41) is 18.2. The molecular weight excluding hydrogens is 235 g/mol. The molecule has 1 rings (SSSR count). The van der Waals surface area contributed by atoms with Crippen LogP contribution in [0, 0.1) is 5.92 Å². The van der Waals surface area contributed by atoms with Crippen molar-refractivity contribution in [3.05, 3.63) is 47.8 Å². The number of halogens is 1. The van der Waals surface area contributed by atoms with Crippen LogP contribution in [0.15, 0.2) is 42.2 Å². The topological polar surface area (TPSA) is 57.5 Å². The first-order chi connectivity index (χ1) is 8.50. The van der Waals surface area contributed by atoms with Crippen molar-refractivity contribution in [1.82, 2.24) is 0 Å². The number of carbonyl (C=O) groups is 1. The molecule has 18 heavy (non-hydrogen) atoms. The van der Waals surface area contributed by atoms with Crippen LogP contribution in [0.1, 0.15) is 18.9 Å². The number of carboxylic acid groups (broad SMARTS) is 1. The van der Waals surface area contributed by atoms with E-state index in [2.05, 4.69) is 0 Å². The molecule has 0 fully saturated rings. The molecule has 0 unspecified atom stereocenters. The summed E-state index contributed by atoms with van der Waals surface area (Å²) in [6, 6.07) is 9.43. The lowest BCUT2D eigenvalue weighted by atomic mass is 10.0. The molecule has 1 aromatic rings. The van der Waals surface area contributed by atoms with E-state index in [0.717, 1.165) is 11.6 Å². The van der Waals surface area contributed by atoms with Gasteiger partial charge < -0.3 is 10.2 Å². The second kappa shape index (κ2) is 6.91. The number of aliphatic hydroxyl groups excluding tert-OH is 1. The maximum Gasteiger partial charge on any atom is 0.310 e. The fourth-order valence-corrected chi connectivity index (χ4v) is 1.51. The molecule has 2 atom stereocenters. The van der Waals surface area contributed by atoms with Crippen LogP contribution < -0.4 is 0 Å². The lowest BCUT2D eigenvalue weighted by Gasteiger charge is -2.09. The summed E-state index contributed by atoms with van der Waals surface area (Å²) in [5.41, 5.74) is 1.01. The molecule has 0 saturated heterocycles. The highest BCUT2D eigenvalue weighted by molar-refractivity contribution is 5.71. The number of hydrogen-bond donors (Lipinski definition) is 2. The maximum absolute atomic E-state index is 13.5. The molecule has 0 aliphatic carbocycles. The smallest absolute Gasteiger partial charge is 0.310 e. The van der Waals surface area contributed by atoms with E-state index in [0.29, 0.717) is 6.42 Å². The van der Waals surface area contributed by atoms with Gasteiger partial charge in [0.2, 0.25) is 0 Å². The minimum atomic E-state index is -1.24. The van der Waals surface area contributed by atoms with E-state index in [9.17, 15) is 14.3 Å². The lowest BCUT2D eigenvalue weighted by molar-refractivity contribution is -0.139. The molecule has 0 amide bonds. The van der Waals surface area contributed by atoms with Gasteiger partial charge in [-0.05, 0) is 31.4 Å². The zero-order valence-electron chi connectivity index (χ0n) is 10.2. The summed E-state index contributed by atoms with van der Waals surface area (Å²) in [7, 11) is 0. The number of hydrogen-bond acceptors (Lipinski definition) is 2. The second-order valence-electron chi connectivity index (χ2n) is 4.22. The SMILES string of the molecule is C[C@@H](/C=C(\F)[C@@H](O)CCc1ccccc1)C(=O)O. The lowest BCUT2D eigenvalue weighted by Crippen LogP contribution is -2.13. The van der Waals surface area contributed by atoms with Gasteiger partial charge in [-0.3, -0.25) is 4.79 Å². The van der Waals surface area contributed by atoms with Crippen LogP contribution >= 0.6 is 0 Å². The van der Waals surface area contributed by atoms with Crippen molar-refractivity contribution >= 4 is 5.97 Å². The number of carboxylic acids is 1. The van der Waals surface area contributed by atoms with E-state index in [1.165, 1.54) is 6.92 Å². The Bertz CT molecular complexity index is 414. The quantitative estimate of drug-likeness (QED) is 0.818. The Morgan fingerprint density at radius 3 is 2.56 bits per heavy atom. The zero-order valence-corrected chi connectivity index (χ0v) is 10.2. The molecule has 98 valence electrons. The monoisotopic (exact) mass is 252 g/mol. The number of aliphatic hydroxyl groups is 1. The van der Waals surface area contributed by atoms with E-state index in [-0.39, 0.29) is 6.42 Å². The van der Waals surface area contributed by atoms with Crippen molar-refractivity contribution < 1.29 is 19.4 Å². The van der Waals surface area contributed by atoms with Gasteiger partial charge in [-0.2, -0.15) is 0 Å². The summed E-state index contributed by atoms with van der Waals surface area (Å²) in [5.74, 6) is -2.82. The predicted octanol–water partition coefficient (Wildman–Crippen LogP) is 2.55. The van der Waals surface area contributed by atoms with Crippen LogP contribution in [0.25, 0.3) is 0 Å². The van der Waals surface area contributed by atoms with Gasteiger partial charge in [-0.1, -0.05) is 30.3 Å². The Kier molecular flexibility index (Phi) is 5.52. The van der Waals surface area contributed by atoms with Crippen LogP contribution in [0.4, 0.5) is 4.39 Å². The van der Waals surface area contributed by atoms with Gasteiger partial charge in [-0.25, -0.2) is 4.39 Å². The standard InChI is InChI=1S/C14H17FO3/c1-10(14(17)18)9-12(15)13(16)8-7-11-5-3-2-4-6-11/h2-6,9-10,13,16H,7-8H2,1H3,(H,17,18)/b12-9-/t10-,13-/m0/s1. The molecular formula is C14H17FO3. The second-order valence-corrected chi connectivity index (χ2v) is 4.22. The van der Waals surface area contributed by atoms with E-state index < -0.39 is 23.8 Å². The molecule has 0 aliphatic rings. The van der Waals surface area contributed by atoms with Gasteiger partial charge in [-0.15, -0.1) is 0 Å². The number of aliphatic carboxylic acids is 1. The fraction of sp³-hybridized carbons (Fsp3) is 0.357. The van der Waals surface area contributed by atoms with Gasteiger partial charge in [0.25, 0.3) is 0 Å². The Hall–Kier alpha value is -1.68. The first-order valence-corrected chi connectivity index (χ1v) is 5.82. The minimum absolute atomic E-state index is 0.235. The third kappa shape index (κ3) is 4.67. The predicted molar refractivity (Wildman–Crippen MR) is 66.8 cm³/mol. The van der Waals surface area contributed by atoms with Crippen molar-refractivity contribution in [2.75, 3.05) is 0 Å². The normalized spacial score (nSPS) is 15.2. The molecule has 1 aromatic carbocycles. The molecule has 2 N–H and O–H groups in total. The van der Waals surface area contributed by atoms with Crippen LogP contribution in [-0.4, -0.2) is 22.3 Å². The van der Waals surface area contributed by atoms with E-state index in [1.807, 2.05) is 30.3 Å². The van der Waals surface area contributed by atoms with Crippen LogP contribution in [0.2, 0.25) is 0 Å². The van der Waals surface area contributed by atoms with Gasteiger partial charge in [0.15, 0.2) is 0 Å². The van der Waals surface area contributed by atoms with Gasteiger partial charge in [0, 0.05) is 0 Å². The minimum Gasteiger partial charge on any atom is -0.481 e. The Morgan fingerprint density at radius 1 is 1.39 bits per heavy atom. The van der Waals surface area contributed by atoms with Crippen molar-refractivity contribution in [2.24, 2.45) is 5.92 Å². The third-order valence-electron chi connectivity index (χ3n) is 2.67. The maximum atomic E-state index is 13.5. The average Bonchev–Trinajstić information content (AvgIpc) is 2.36. The van der Waals surface area contributed by atoms with Gasteiger partial charge in [0.1, 0.15) is 11.9 Å². The van der Waals surface area contributed by atoms with Crippen LogP contribution in [0.3, 0.4) is 0 Å². The molecule has 0 saturated carbocycles. The first kappa shape index (κ1) is 14.4. The zero-order chi connectivity index (χ0) is 13.5. The fourth-order valence-electron chi connectivity index (χ4n) is 1.51. The summed E-state index contributed by atoms with van der Waals surface area (Å²) in [6.07, 6.45) is 0.480. The summed E-state index contributed by atoms with van der Waals surface area (Å²) < 4.78 is 13.5. The molecule has 0 bridgehead atoms. The Balaban J connectivity index is 2.50. The molecule has 0 aliphatic heterocycles. The van der Waals surface area contributed by atoms with E-state index >= 15 is 0 Å². The molecule has 0 spiro atoms. The summed E-state index contributed by atoms with van der Waals surface area (Å²) in [4.78, 5) is 10.5.